The van der Waals surface area contributed by atoms with Gasteiger partial charge in [0, 0.05) is 23.1 Å². The number of hydrogen-bond donors (Lipinski definition) is 0. The molecule has 146 valence electrons. The van der Waals surface area contributed by atoms with Gasteiger partial charge in [-0.15, -0.1) is 0 Å². The van der Waals surface area contributed by atoms with E-state index in [-0.39, 0.29) is 5.92 Å². The Morgan fingerprint density at radius 3 is 2.54 bits per heavy atom. The van der Waals surface area contributed by atoms with E-state index in [1.807, 2.05) is 43.3 Å². The summed E-state index contributed by atoms with van der Waals surface area (Å²) in [5.74, 6) is 0.897. The van der Waals surface area contributed by atoms with Crippen molar-refractivity contribution in [2.45, 2.75) is 30.6 Å². The second-order valence-electron chi connectivity index (χ2n) is 6.98. The number of aromatic nitrogens is 2. The fourth-order valence-corrected chi connectivity index (χ4v) is 5.13. The van der Waals surface area contributed by atoms with Gasteiger partial charge in [0.05, 0.1) is 10.8 Å². The van der Waals surface area contributed by atoms with Crippen molar-refractivity contribution in [1.82, 2.24) is 14.4 Å². The van der Waals surface area contributed by atoms with E-state index >= 15 is 0 Å². The fraction of sp³-hybridized carbons (Fsp3) is 0.300. The molecule has 3 aromatic rings. The number of rotatable bonds is 4. The van der Waals surface area contributed by atoms with E-state index in [4.69, 9.17) is 4.52 Å². The summed E-state index contributed by atoms with van der Waals surface area (Å²) < 4.78 is 34.0. The number of aryl methyl sites for hydroxylation is 1. The van der Waals surface area contributed by atoms with Crippen molar-refractivity contribution in [3.05, 3.63) is 64.5 Å². The van der Waals surface area contributed by atoms with E-state index in [0.29, 0.717) is 29.7 Å². The maximum atomic E-state index is 13.0. The van der Waals surface area contributed by atoms with Crippen LogP contribution in [0, 0.1) is 6.92 Å². The molecule has 0 unspecified atom stereocenters. The van der Waals surface area contributed by atoms with E-state index in [0.717, 1.165) is 28.4 Å². The lowest BCUT2D eigenvalue weighted by atomic mass is 10.00. The van der Waals surface area contributed by atoms with Gasteiger partial charge < -0.3 is 4.52 Å². The van der Waals surface area contributed by atoms with Crippen molar-refractivity contribution < 1.29 is 12.9 Å². The minimum absolute atomic E-state index is 0.106. The lowest BCUT2D eigenvalue weighted by Gasteiger charge is -2.30. The molecule has 2 heterocycles. The van der Waals surface area contributed by atoms with Crippen molar-refractivity contribution in [2.24, 2.45) is 0 Å². The molecule has 0 spiro atoms. The maximum absolute atomic E-state index is 13.0. The van der Waals surface area contributed by atoms with Gasteiger partial charge in [0.15, 0.2) is 0 Å². The zero-order valence-electron chi connectivity index (χ0n) is 15.4. The molecule has 28 heavy (non-hydrogen) atoms. The van der Waals surface area contributed by atoms with Gasteiger partial charge in [-0.25, -0.2) is 8.42 Å². The van der Waals surface area contributed by atoms with Crippen LogP contribution in [0.15, 0.2) is 62.4 Å². The van der Waals surface area contributed by atoms with Crippen LogP contribution in [-0.2, 0) is 10.0 Å². The number of hydrogen-bond acceptors (Lipinski definition) is 5. The third-order valence-corrected chi connectivity index (χ3v) is 7.34. The summed E-state index contributed by atoms with van der Waals surface area (Å²) in [4.78, 5) is 4.84. The van der Waals surface area contributed by atoms with Crippen LogP contribution in [-0.4, -0.2) is 36.0 Å². The third kappa shape index (κ3) is 3.90. The quantitative estimate of drug-likeness (QED) is 0.576. The van der Waals surface area contributed by atoms with Crippen LogP contribution in [0.1, 0.15) is 30.2 Å². The highest BCUT2D eigenvalue weighted by molar-refractivity contribution is 9.10. The highest BCUT2D eigenvalue weighted by atomic mass is 79.9. The first-order chi connectivity index (χ1) is 13.4. The second kappa shape index (κ2) is 7.77. The van der Waals surface area contributed by atoms with Crippen LogP contribution in [0.5, 0.6) is 0 Å². The third-order valence-electron chi connectivity index (χ3n) is 4.94. The Balaban J connectivity index is 1.54. The average Bonchev–Trinajstić information content (AvgIpc) is 3.19. The largest absolute Gasteiger partial charge is 0.339 e. The number of sulfonamides is 1. The maximum Gasteiger partial charge on any atom is 0.243 e. The summed E-state index contributed by atoms with van der Waals surface area (Å²) in [5, 5.41) is 4.08. The highest BCUT2D eigenvalue weighted by Crippen LogP contribution is 2.31. The number of nitrogens with zero attached hydrogens (tertiary/aromatic N) is 3. The first-order valence-corrected chi connectivity index (χ1v) is 11.3. The molecule has 1 atom stereocenters. The van der Waals surface area contributed by atoms with Gasteiger partial charge in [0.1, 0.15) is 0 Å². The fourth-order valence-electron chi connectivity index (χ4n) is 3.34. The van der Waals surface area contributed by atoms with E-state index in [1.54, 1.807) is 12.1 Å². The molecular weight excluding hydrogens is 442 g/mol. The Bertz CT molecular complexity index is 1060. The molecule has 1 fully saturated rings. The van der Waals surface area contributed by atoms with Crippen molar-refractivity contribution in [3.8, 4) is 11.4 Å². The molecule has 0 amide bonds. The Hall–Kier alpha value is -2.03. The summed E-state index contributed by atoms with van der Waals surface area (Å²) in [6.45, 7) is 2.78. The van der Waals surface area contributed by atoms with E-state index in [2.05, 4.69) is 26.1 Å². The molecule has 0 radical (unpaired) electrons. The minimum Gasteiger partial charge on any atom is -0.339 e. The smallest absolute Gasteiger partial charge is 0.243 e. The molecule has 2 aromatic carbocycles. The van der Waals surface area contributed by atoms with Gasteiger partial charge in [-0.1, -0.05) is 38.8 Å². The van der Waals surface area contributed by atoms with Crippen molar-refractivity contribution in [2.75, 3.05) is 13.1 Å². The molecule has 8 heteroatoms. The molecule has 1 aliphatic heterocycles. The van der Waals surface area contributed by atoms with E-state index in [1.165, 1.54) is 4.31 Å². The standard InChI is InChI=1S/C20H20BrN3O3S/c1-14-4-10-18(11-5-14)28(25,26)24-12-2-3-16(13-24)20-22-19(23-27-20)15-6-8-17(21)9-7-15/h4-11,16H,2-3,12-13H2,1H3/t16-/m0/s1. The van der Waals surface area contributed by atoms with Crippen LogP contribution in [0.2, 0.25) is 0 Å². The molecule has 6 nitrogen and oxygen atoms in total. The van der Waals surface area contributed by atoms with E-state index < -0.39 is 10.0 Å². The predicted molar refractivity (Wildman–Crippen MR) is 109 cm³/mol. The minimum atomic E-state index is -3.53. The molecule has 0 saturated carbocycles. The second-order valence-corrected chi connectivity index (χ2v) is 9.83. The molecule has 1 aliphatic rings. The van der Waals surface area contributed by atoms with Gasteiger partial charge in [0.25, 0.3) is 0 Å². The number of benzene rings is 2. The van der Waals surface area contributed by atoms with Gasteiger partial charge in [-0.3, -0.25) is 0 Å². The average molecular weight is 462 g/mol. The summed E-state index contributed by atoms with van der Waals surface area (Å²) in [6.07, 6.45) is 1.58. The van der Waals surface area contributed by atoms with Crippen molar-refractivity contribution in [1.29, 1.82) is 0 Å². The Kier molecular flexibility index (Phi) is 5.35. The molecule has 0 aliphatic carbocycles. The SMILES string of the molecule is Cc1ccc(S(=O)(=O)N2CCC[C@H](c3nc(-c4ccc(Br)cc4)no3)C2)cc1. The lowest BCUT2D eigenvalue weighted by molar-refractivity contribution is 0.265. The van der Waals surface area contributed by atoms with Gasteiger partial charge in [0.2, 0.25) is 21.7 Å². The van der Waals surface area contributed by atoms with Crippen LogP contribution >= 0.6 is 15.9 Å². The van der Waals surface area contributed by atoms with Crippen LogP contribution in [0.3, 0.4) is 0 Å². The van der Waals surface area contributed by atoms with Gasteiger partial charge in [-0.05, 0) is 56.2 Å². The van der Waals surface area contributed by atoms with Gasteiger partial charge in [-0.2, -0.15) is 9.29 Å². The molecule has 0 N–H and O–H groups in total. The van der Waals surface area contributed by atoms with Crippen LogP contribution in [0.4, 0.5) is 0 Å². The zero-order valence-corrected chi connectivity index (χ0v) is 17.8. The molecular formula is C20H20BrN3O3S. The lowest BCUT2D eigenvalue weighted by Crippen LogP contribution is -2.39. The topological polar surface area (TPSA) is 76.3 Å². The molecule has 1 saturated heterocycles. The molecule has 0 bridgehead atoms. The first-order valence-electron chi connectivity index (χ1n) is 9.10. The van der Waals surface area contributed by atoms with Crippen LogP contribution in [0.25, 0.3) is 11.4 Å². The van der Waals surface area contributed by atoms with Crippen molar-refractivity contribution in [3.63, 3.8) is 0 Å². The molecule has 4 rings (SSSR count). The molecule has 1 aromatic heterocycles. The summed E-state index contributed by atoms with van der Waals surface area (Å²) >= 11 is 3.41. The first kappa shape index (κ1) is 19.3. The Labute approximate surface area is 172 Å². The Morgan fingerprint density at radius 1 is 1.11 bits per heavy atom. The Morgan fingerprint density at radius 2 is 1.82 bits per heavy atom. The van der Waals surface area contributed by atoms with E-state index in [9.17, 15) is 8.42 Å². The summed E-state index contributed by atoms with van der Waals surface area (Å²) in [7, 11) is -3.53. The summed E-state index contributed by atoms with van der Waals surface area (Å²) in [6, 6.07) is 14.6. The van der Waals surface area contributed by atoms with Gasteiger partial charge >= 0.3 is 0 Å². The summed E-state index contributed by atoms with van der Waals surface area (Å²) in [5.41, 5.74) is 1.89. The highest BCUT2D eigenvalue weighted by Gasteiger charge is 2.33. The number of piperidine rings is 1. The zero-order chi connectivity index (χ0) is 19.7. The normalized spacial score (nSPS) is 18.3. The monoisotopic (exact) mass is 461 g/mol. The van der Waals surface area contributed by atoms with Crippen molar-refractivity contribution >= 4 is 26.0 Å². The predicted octanol–water partition coefficient (Wildman–Crippen LogP) is 4.38. The number of halogens is 1. The van der Waals surface area contributed by atoms with Crippen LogP contribution < -0.4 is 0 Å².